The van der Waals surface area contributed by atoms with Crippen molar-refractivity contribution >= 4 is 18.1 Å². The number of hydrogen-bond acceptors (Lipinski definition) is 2. The van der Waals surface area contributed by atoms with Crippen molar-refractivity contribution in [3.8, 4) is 0 Å². The Morgan fingerprint density at radius 2 is 2.15 bits per heavy atom. The molecule has 13 heavy (non-hydrogen) atoms. The van der Waals surface area contributed by atoms with Crippen molar-refractivity contribution in [2.75, 3.05) is 0 Å². The lowest BCUT2D eigenvalue weighted by atomic mass is 10.1. The van der Waals surface area contributed by atoms with E-state index in [9.17, 15) is 4.79 Å². The predicted molar refractivity (Wildman–Crippen MR) is 51.4 cm³/mol. The van der Waals surface area contributed by atoms with Crippen molar-refractivity contribution in [3.05, 3.63) is 42.2 Å². The van der Waals surface area contributed by atoms with Gasteiger partial charge in [0.25, 0.3) is 0 Å². The monoisotopic (exact) mass is 175 g/mol. The van der Waals surface area contributed by atoms with Gasteiger partial charge in [0, 0.05) is 11.8 Å². The number of hydrogen-bond donors (Lipinski definition) is 1. The second-order valence-electron chi connectivity index (χ2n) is 2.38. The lowest BCUT2D eigenvalue weighted by Crippen LogP contribution is -2.04. The van der Waals surface area contributed by atoms with Gasteiger partial charge in [-0.15, -0.1) is 0 Å². The molecule has 0 aromatic carbocycles. The number of aromatic nitrogens is 1. The van der Waals surface area contributed by atoms with Crippen LogP contribution in [0.5, 0.6) is 0 Å². The van der Waals surface area contributed by atoms with Gasteiger partial charge in [-0.1, -0.05) is 25.3 Å². The summed E-state index contributed by atoms with van der Waals surface area (Å²) in [7, 11) is 0. The number of pyridine rings is 1. The van der Waals surface area contributed by atoms with Crippen molar-refractivity contribution < 1.29 is 9.90 Å². The molecule has 1 rings (SSSR count). The maximum Gasteiger partial charge on any atom is 0.355 e. The highest BCUT2D eigenvalue weighted by Gasteiger charge is 2.10. The first-order chi connectivity index (χ1) is 6.20. The van der Waals surface area contributed by atoms with Crippen LogP contribution in [-0.4, -0.2) is 16.1 Å². The molecule has 0 aliphatic carbocycles. The van der Waals surface area contributed by atoms with Crippen molar-refractivity contribution in [2.24, 2.45) is 0 Å². The van der Waals surface area contributed by atoms with E-state index in [0.717, 1.165) is 5.56 Å². The highest BCUT2D eigenvalue weighted by molar-refractivity contribution is 5.91. The zero-order valence-corrected chi connectivity index (χ0v) is 7.03. The highest BCUT2D eigenvalue weighted by Crippen LogP contribution is 2.14. The molecular weight excluding hydrogens is 166 g/mol. The van der Waals surface area contributed by atoms with E-state index in [1.165, 1.54) is 12.3 Å². The van der Waals surface area contributed by atoms with Gasteiger partial charge in [0.05, 0.1) is 0 Å². The van der Waals surface area contributed by atoms with E-state index in [-0.39, 0.29) is 5.69 Å². The standard InChI is InChI=1S/C10H9NO2/c1-3-7-5-6-11-9(10(12)13)8(7)4-2/h3-6H,1-2H2,(H,12,13). The van der Waals surface area contributed by atoms with E-state index < -0.39 is 5.97 Å². The summed E-state index contributed by atoms with van der Waals surface area (Å²) in [6.45, 7) is 7.10. The summed E-state index contributed by atoms with van der Waals surface area (Å²) in [6, 6.07) is 1.69. The number of nitrogens with zero attached hydrogens (tertiary/aromatic N) is 1. The van der Waals surface area contributed by atoms with Gasteiger partial charge < -0.3 is 5.11 Å². The minimum atomic E-state index is -1.06. The van der Waals surface area contributed by atoms with Crippen molar-refractivity contribution in [1.82, 2.24) is 4.98 Å². The number of carboxylic acids is 1. The van der Waals surface area contributed by atoms with Crippen LogP contribution in [0.2, 0.25) is 0 Å². The molecule has 0 radical (unpaired) electrons. The Morgan fingerprint density at radius 1 is 1.46 bits per heavy atom. The lowest BCUT2D eigenvalue weighted by molar-refractivity contribution is 0.0690. The van der Waals surface area contributed by atoms with Crippen LogP contribution < -0.4 is 0 Å². The van der Waals surface area contributed by atoms with E-state index in [0.29, 0.717) is 5.56 Å². The summed E-state index contributed by atoms with van der Waals surface area (Å²) in [4.78, 5) is 14.4. The SMILES string of the molecule is C=Cc1ccnc(C(=O)O)c1C=C. The van der Waals surface area contributed by atoms with Crippen LogP contribution in [0.25, 0.3) is 12.2 Å². The number of carboxylic acid groups (broad SMARTS) is 1. The molecule has 0 spiro atoms. The summed E-state index contributed by atoms with van der Waals surface area (Å²) in [5.74, 6) is -1.06. The molecule has 3 nitrogen and oxygen atoms in total. The van der Waals surface area contributed by atoms with Crippen LogP contribution in [0.3, 0.4) is 0 Å². The van der Waals surface area contributed by atoms with Crippen molar-refractivity contribution in [3.63, 3.8) is 0 Å². The second-order valence-corrected chi connectivity index (χ2v) is 2.38. The Labute approximate surface area is 76.1 Å². The summed E-state index contributed by atoms with van der Waals surface area (Å²) in [5.41, 5.74) is 1.24. The summed E-state index contributed by atoms with van der Waals surface area (Å²) >= 11 is 0. The van der Waals surface area contributed by atoms with Gasteiger partial charge in [0.2, 0.25) is 0 Å². The molecule has 1 heterocycles. The average Bonchev–Trinajstić information content (AvgIpc) is 2.16. The predicted octanol–water partition coefficient (Wildman–Crippen LogP) is 2.07. The van der Waals surface area contributed by atoms with Crippen molar-refractivity contribution in [1.29, 1.82) is 0 Å². The fourth-order valence-corrected chi connectivity index (χ4v) is 1.05. The van der Waals surface area contributed by atoms with Gasteiger partial charge in [-0.3, -0.25) is 0 Å². The van der Waals surface area contributed by atoms with Crippen LogP contribution in [0.15, 0.2) is 25.4 Å². The molecule has 0 aliphatic heterocycles. The normalized spacial score (nSPS) is 9.23. The van der Waals surface area contributed by atoms with Gasteiger partial charge in [-0.2, -0.15) is 0 Å². The minimum absolute atomic E-state index is 0.00685. The molecule has 1 N–H and O–H groups in total. The zero-order chi connectivity index (χ0) is 9.84. The van der Waals surface area contributed by atoms with Gasteiger partial charge in [-0.05, 0) is 11.6 Å². The molecule has 0 fully saturated rings. The van der Waals surface area contributed by atoms with E-state index in [2.05, 4.69) is 18.1 Å². The molecule has 1 aromatic heterocycles. The molecule has 0 atom stereocenters. The Morgan fingerprint density at radius 3 is 2.62 bits per heavy atom. The number of rotatable bonds is 3. The first-order valence-corrected chi connectivity index (χ1v) is 3.68. The molecule has 3 heteroatoms. The van der Waals surface area contributed by atoms with Crippen LogP contribution in [0.1, 0.15) is 21.6 Å². The van der Waals surface area contributed by atoms with Crippen LogP contribution in [0, 0.1) is 0 Å². The first kappa shape index (κ1) is 9.19. The van der Waals surface area contributed by atoms with Crippen molar-refractivity contribution in [2.45, 2.75) is 0 Å². The van der Waals surface area contributed by atoms with Gasteiger partial charge >= 0.3 is 5.97 Å². The first-order valence-electron chi connectivity index (χ1n) is 3.68. The Bertz CT molecular complexity index is 369. The number of aromatic carboxylic acids is 1. The summed E-state index contributed by atoms with van der Waals surface area (Å²) in [5, 5.41) is 8.77. The van der Waals surface area contributed by atoms with Crippen LogP contribution >= 0.6 is 0 Å². The molecule has 66 valence electrons. The maximum absolute atomic E-state index is 10.7. The Kier molecular flexibility index (Phi) is 2.59. The quantitative estimate of drug-likeness (QED) is 0.765. The molecule has 1 aromatic rings. The topological polar surface area (TPSA) is 50.2 Å². The molecular formula is C10H9NO2. The third-order valence-electron chi connectivity index (χ3n) is 1.65. The molecule has 0 aliphatic rings. The molecule has 0 saturated heterocycles. The second kappa shape index (κ2) is 3.67. The third kappa shape index (κ3) is 1.64. The summed E-state index contributed by atoms with van der Waals surface area (Å²) in [6.07, 6.45) is 4.48. The van der Waals surface area contributed by atoms with E-state index >= 15 is 0 Å². The molecule has 0 amide bonds. The fraction of sp³-hybridized carbons (Fsp3) is 0. The lowest BCUT2D eigenvalue weighted by Gasteiger charge is -2.02. The van der Waals surface area contributed by atoms with Gasteiger partial charge in [0.15, 0.2) is 5.69 Å². The van der Waals surface area contributed by atoms with E-state index in [4.69, 9.17) is 5.11 Å². The average molecular weight is 175 g/mol. The summed E-state index contributed by atoms with van der Waals surface area (Å²) < 4.78 is 0. The Balaban J connectivity index is 3.43. The number of carbonyl (C=O) groups is 1. The highest BCUT2D eigenvalue weighted by atomic mass is 16.4. The fourth-order valence-electron chi connectivity index (χ4n) is 1.05. The van der Waals surface area contributed by atoms with E-state index in [1.807, 2.05) is 0 Å². The van der Waals surface area contributed by atoms with Gasteiger partial charge in [0.1, 0.15) is 0 Å². The zero-order valence-electron chi connectivity index (χ0n) is 7.03. The van der Waals surface area contributed by atoms with E-state index in [1.54, 1.807) is 12.1 Å². The van der Waals surface area contributed by atoms with Crippen LogP contribution in [0.4, 0.5) is 0 Å². The third-order valence-corrected chi connectivity index (χ3v) is 1.65. The van der Waals surface area contributed by atoms with Gasteiger partial charge in [-0.25, -0.2) is 9.78 Å². The maximum atomic E-state index is 10.7. The largest absolute Gasteiger partial charge is 0.476 e. The minimum Gasteiger partial charge on any atom is -0.476 e. The molecule has 0 unspecified atom stereocenters. The molecule has 0 saturated carbocycles. The smallest absolute Gasteiger partial charge is 0.355 e. The van der Waals surface area contributed by atoms with Crippen LogP contribution in [-0.2, 0) is 0 Å². The molecule has 0 bridgehead atoms. The Hall–Kier alpha value is -1.90.